The Hall–Kier alpha value is -2.42. The van der Waals surface area contributed by atoms with Gasteiger partial charge in [-0.3, -0.25) is 19.4 Å². The van der Waals surface area contributed by atoms with Crippen LogP contribution >= 0.6 is 0 Å². The first-order valence-corrected chi connectivity index (χ1v) is 7.31. The zero-order valence-corrected chi connectivity index (χ0v) is 13.6. The van der Waals surface area contributed by atoms with E-state index in [1.165, 1.54) is 6.20 Å². The zero-order chi connectivity index (χ0) is 17.8. The van der Waals surface area contributed by atoms with Gasteiger partial charge in [-0.05, 0) is 13.1 Å². The average molecular weight is 326 g/mol. The second-order valence-electron chi connectivity index (χ2n) is 4.87. The highest BCUT2D eigenvalue weighted by atomic mass is 16.2. The molecular formula is C14H26N6O3. The quantitative estimate of drug-likeness (QED) is 0.288. The molecule has 0 aliphatic rings. The SMILES string of the molecule is C=N/C=C(/CC(NC(=O)CN)C(=O)NC(CCC)C(N)=O)NC. The minimum Gasteiger partial charge on any atom is -0.390 e. The maximum absolute atomic E-state index is 12.4. The summed E-state index contributed by atoms with van der Waals surface area (Å²) in [5.74, 6) is -1.63. The normalized spacial score (nSPS) is 13.6. The van der Waals surface area contributed by atoms with Gasteiger partial charge in [-0.1, -0.05) is 13.3 Å². The van der Waals surface area contributed by atoms with E-state index < -0.39 is 29.8 Å². The van der Waals surface area contributed by atoms with E-state index in [4.69, 9.17) is 11.5 Å². The fraction of sp³-hybridized carbons (Fsp3) is 0.571. The highest BCUT2D eigenvalue weighted by Gasteiger charge is 2.25. The van der Waals surface area contributed by atoms with Crippen molar-refractivity contribution >= 4 is 24.4 Å². The number of nitrogens with one attached hydrogen (secondary N) is 3. The highest BCUT2D eigenvalue weighted by molar-refractivity contribution is 5.92. The zero-order valence-electron chi connectivity index (χ0n) is 13.6. The molecule has 0 bridgehead atoms. The van der Waals surface area contributed by atoms with Crippen LogP contribution in [0.5, 0.6) is 0 Å². The summed E-state index contributed by atoms with van der Waals surface area (Å²) in [5, 5.41) is 7.91. The molecule has 3 amide bonds. The number of nitrogens with zero attached hydrogens (tertiary/aromatic N) is 1. The molecule has 7 N–H and O–H groups in total. The largest absolute Gasteiger partial charge is 0.390 e. The number of nitrogens with two attached hydrogens (primary N) is 2. The minimum absolute atomic E-state index is 0.144. The maximum atomic E-state index is 12.4. The fourth-order valence-corrected chi connectivity index (χ4v) is 1.86. The average Bonchev–Trinajstić information content (AvgIpc) is 2.52. The van der Waals surface area contributed by atoms with Gasteiger partial charge < -0.3 is 27.4 Å². The van der Waals surface area contributed by atoms with Crippen LogP contribution in [0.15, 0.2) is 16.9 Å². The van der Waals surface area contributed by atoms with Crippen LogP contribution < -0.4 is 27.4 Å². The van der Waals surface area contributed by atoms with E-state index >= 15 is 0 Å². The monoisotopic (exact) mass is 326 g/mol. The third-order valence-electron chi connectivity index (χ3n) is 3.07. The van der Waals surface area contributed by atoms with Crippen molar-refractivity contribution in [3.63, 3.8) is 0 Å². The van der Waals surface area contributed by atoms with Crippen LogP contribution in [0.25, 0.3) is 0 Å². The summed E-state index contributed by atoms with van der Waals surface area (Å²) in [6.45, 7) is 4.95. The van der Waals surface area contributed by atoms with Gasteiger partial charge in [-0.15, -0.1) is 0 Å². The van der Waals surface area contributed by atoms with Crippen molar-refractivity contribution in [3.05, 3.63) is 11.9 Å². The summed E-state index contributed by atoms with van der Waals surface area (Å²) in [4.78, 5) is 38.9. The second-order valence-corrected chi connectivity index (χ2v) is 4.87. The molecule has 23 heavy (non-hydrogen) atoms. The molecule has 9 heteroatoms. The number of primary amides is 1. The topological polar surface area (TPSA) is 152 Å². The Kier molecular flexibility index (Phi) is 10.0. The maximum Gasteiger partial charge on any atom is 0.243 e. The van der Waals surface area contributed by atoms with Gasteiger partial charge in [0, 0.05) is 25.4 Å². The molecular weight excluding hydrogens is 300 g/mol. The van der Waals surface area contributed by atoms with Crippen molar-refractivity contribution in [1.82, 2.24) is 16.0 Å². The smallest absolute Gasteiger partial charge is 0.243 e. The molecule has 0 saturated heterocycles. The van der Waals surface area contributed by atoms with Gasteiger partial charge in [-0.2, -0.15) is 0 Å². The summed E-state index contributed by atoms with van der Waals surface area (Å²) >= 11 is 0. The number of hydrogen-bond donors (Lipinski definition) is 5. The van der Waals surface area contributed by atoms with Crippen LogP contribution in [0.1, 0.15) is 26.2 Å². The molecule has 0 aliphatic carbocycles. The summed E-state index contributed by atoms with van der Waals surface area (Å²) in [7, 11) is 1.65. The Morgan fingerprint density at radius 3 is 2.35 bits per heavy atom. The fourth-order valence-electron chi connectivity index (χ4n) is 1.86. The first-order chi connectivity index (χ1) is 10.9. The molecule has 0 heterocycles. The lowest BCUT2D eigenvalue weighted by Gasteiger charge is -2.22. The molecule has 0 aromatic rings. The van der Waals surface area contributed by atoms with Crippen molar-refractivity contribution in [2.45, 2.75) is 38.3 Å². The van der Waals surface area contributed by atoms with E-state index in [2.05, 4.69) is 27.7 Å². The van der Waals surface area contributed by atoms with Crippen molar-refractivity contribution in [2.75, 3.05) is 13.6 Å². The molecule has 0 aromatic heterocycles. The van der Waals surface area contributed by atoms with Crippen molar-refractivity contribution < 1.29 is 14.4 Å². The number of carbonyl (C=O) groups is 3. The summed E-state index contributed by atoms with van der Waals surface area (Å²) in [6.07, 6.45) is 2.68. The molecule has 9 nitrogen and oxygen atoms in total. The van der Waals surface area contributed by atoms with Gasteiger partial charge in [0.1, 0.15) is 12.1 Å². The van der Waals surface area contributed by atoms with E-state index in [-0.39, 0.29) is 13.0 Å². The van der Waals surface area contributed by atoms with E-state index in [1.807, 2.05) is 6.92 Å². The Balaban J connectivity index is 5.12. The molecule has 0 fully saturated rings. The molecule has 0 aliphatic heterocycles. The predicted octanol–water partition coefficient (Wildman–Crippen LogP) is -1.65. The summed E-state index contributed by atoms with van der Waals surface area (Å²) < 4.78 is 0. The standard InChI is InChI=1S/C14H26N6O3/c1-4-5-10(13(16)22)20-14(23)11(19-12(21)7-15)6-9(18-3)8-17-2/h8,10-11,18H,2,4-7,15H2,1,3H3,(H2,16,22)(H,19,21)(H,20,23)/b9-8-. The van der Waals surface area contributed by atoms with Crippen LogP contribution in [-0.4, -0.2) is 50.1 Å². The summed E-state index contributed by atoms with van der Waals surface area (Å²) in [5.41, 5.74) is 11.1. The number of carbonyl (C=O) groups excluding carboxylic acids is 3. The van der Waals surface area contributed by atoms with E-state index in [0.29, 0.717) is 18.5 Å². The van der Waals surface area contributed by atoms with Crippen LogP contribution in [0.4, 0.5) is 0 Å². The number of hydrogen-bond acceptors (Lipinski definition) is 6. The Morgan fingerprint density at radius 1 is 1.26 bits per heavy atom. The third-order valence-corrected chi connectivity index (χ3v) is 3.07. The third kappa shape index (κ3) is 7.96. The van der Waals surface area contributed by atoms with Crippen LogP contribution in [0, 0.1) is 0 Å². The first kappa shape index (κ1) is 20.6. The van der Waals surface area contributed by atoms with Crippen LogP contribution in [0.2, 0.25) is 0 Å². The Labute approximate surface area is 136 Å². The van der Waals surface area contributed by atoms with Crippen LogP contribution in [0.3, 0.4) is 0 Å². The first-order valence-electron chi connectivity index (χ1n) is 7.31. The second kappa shape index (κ2) is 11.2. The van der Waals surface area contributed by atoms with Crippen molar-refractivity contribution in [2.24, 2.45) is 16.5 Å². The predicted molar refractivity (Wildman–Crippen MR) is 88.3 cm³/mol. The number of amides is 3. The van der Waals surface area contributed by atoms with Crippen LogP contribution in [-0.2, 0) is 14.4 Å². The van der Waals surface area contributed by atoms with E-state index in [0.717, 1.165) is 0 Å². The molecule has 0 aromatic carbocycles. The Bertz CT molecular complexity index is 463. The summed E-state index contributed by atoms with van der Waals surface area (Å²) in [6, 6.07) is -1.70. The van der Waals surface area contributed by atoms with E-state index in [9.17, 15) is 14.4 Å². The van der Waals surface area contributed by atoms with Crippen molar-refractivity contribution in [1.29, 1.82) is 0 Å². The molecule has 2 unspecified atom stereocenters. The highest BCUT2D eigenvalue weighted by Crippen LogP contribution is 2.05. The van der Waals surface area contributed by atoms with Gasteiger partial charge >= 0.3 is 0 Å². The molecule has 0 spiro atoms. The number of rotatable bonds is 11. The lowest BCUT2D eigenvalue weighted by molar-refractivity contribution is -0.131. The lowest BCUT2D eigenvalue weighted by Crippen LogP contribution is -2.54. The van der Waals surface area contributed by atoms with Gasteiger partial charge in [-0.25, -0.2) is 0 Å². The lowest BCUT2D eigenvalue weighted by atomic mass is 10.1. The van der Waals surface area contributed by atoms with E-state index in [1.54, 1.807) is 7.05 Å². The Morgan fingerprint density at radius 2 is 1.91 bits per heavy atom. The van der Waals surface area contributed by atoms with Gasteiger partial charge in [0.2, 0.25) is 17.7 Å². The number of aliphatic imine (C=N–C) groups is 1. The van der Waals surface area contributed by atoms with Gasteiger partial charge in [0.25, 0.3) is 0 Å². The molecule has 0 saturated carbocycles. The van der Waals surface area contributed by atoms with Gasteiger partial charge in [0.15, 0.2) is 0 Å². The molecule has 0 radical (unpaired) electrons. The van der Waals surface area contributed by atoms with Crippen molar-refractivity contribution in [3.8, 4) is 0 Å². The minimum atomic E-state index is -0.912. The molecule has 2 atom stereocenters. The van der Waals surface area contributed by atoms with Gasteiger partial charge in [0.05, 0.1) is 6.54 Å². The molecule has 130 valence electrons. The molecule has 0 rings (SSSR count).